The highest BCUT2D eigenvalue weighted by Crippen LogP contribution is 2.38. The second-order valence-corrected chi connectivity index (χ2v) is 18.2. The van der Waals surface area contributed by atoms with Gasteiger partial charge in [-0.05, 0) is 85.3 Å². The molecule has 0 aliphatic carbocycles. The first-order valence-electron chi connectivity index (χ1n) is 20.6. The Labute approximate surface area is 419 Å². The fourth-order valence-electron chi connectivity index (χ4n) is 7.99. The Kier molecular flexibility index (Phi) is 15.0. The molecular weight excluding hydrogens is 981 g/mol. The zero-order chi connectivity index (χ0) is 47.6. The average molecular weight is 1020 g/mol. The van der Waals surface area contributed by atoms with E-state index in [2.05, 4.69) is 70.3 Å². The summed E-state index contributed by atoms with van der Waals surface area (Å²) < 4.78 is 22.8. The third-order valence-corrected chi connectivity index (χ3v) is 13.2. The molecule has 0 aliphatic heterocycles. The van der Waals surface area contributed by atoms with Crippen LogP contribution in [-0.4, -0.2) is 109 Å². The van der Waals surface area contributed by atoms with Crippen molar-refractivity contribution in [3.63, 3.8) is 0 Å². The normalized spacial score (nSPS) is 11.5. The SMILES string of the molecule is COSc1nccc2c(-c3ccnc(S(C)=O)n3)c3cccnc3n12.CSc1nccc(-c2c3cccnc3n3c(SC)nccc23)n1.N.Nc1nccc(-c2c3cccnc3n3c(N)nccc23)n1.O. The number of nitrogen functional groups attached to an aromatic ring is 2. The van der Waals surface area contributed by atoms with E-state index < -0.39 is 10.8 Å². The molecule has 0 saturated carbocycles. The van der Waals surface area contributed by atoms with Crippen molar-refractivity contribution in [1.82, 2.24) is 79.2 Å². The molecule has 1 atom stereocenters. The molecule has 25 heteroatoms. The van der Waals surface area contributed by atoms with E-state index in [1.54, 1.807) is 68.5 Å². The molecule has 0 saturated heterocycles. The second kappa shape index (κ2) is 21.5. The number of fused-ring (bicyclic) bond motifs is 9. The minimum Gasteiger partial charge on any atom is -0.412 e. The lowest BCUT2D eigenvalue weighted by molar-refractivity contribution is 0.485. The van der Waals surface area contributed by atoms with Crippen molar-refractivity contribution in [2.75, 3.05) is 37.3 Å². The first kappa shape index (κ1) is 49.6. The van der Waals surface area contributed by atoms with Gasteiger partial charge in [-0.2, -0.15) is 0 Å². The Morgan fingerprint density at radius 3 is 1.52 bits per heavy atom. The number of pyridine rings is 3. The Morgan fingerprint density at radius 1 is 0.521 bits per heavy atom. The quantitative estimate of drug-likeness (QED) is 0.0760. The van der Waals surface area contributed by atoms with Crippen LogP contribution in [0, 0.1) is 0 Å². The molecular formula is C46H42N18O3S4. The van der Waals surface area contributed by atoms with Gasteiger partial charge >= 0.3 is 0 Å². The number of hydrogen-bond donors (Lipinski definition) is 3. The Balaban J connectivity index is 0.000000141. The molecule has 0 spiro atoms. The highest BCUT2D eigenvalue weighted by atomic mass is 32.2. The first-order valence-corrected chi connectivity index (χ1v) is 25.4. The Hall–Kier alpha value is -7.78. The molecule has 12 rings (SSSR count). The summed E-state index contributed by atoms with van der Waals surface area (Å²) in [6.45, 7) is 0. The number of rotatable bonds is 8. The molecule has 1 unspecified atom stereocenters. The van der Waals surface area contributed by atoms with Gasteiger partial charge in [0.25, 0.3) is 0 Å². The van der Waals surface area contributed by atoms with E-state index in [4.69, 9.17) is 15.7 Å². The van der Waals surface area contributed by atoms with Gasteiger partial charge in [-0.15, -0.1) is 0 Å². The zero-order valence-corrected chi connectivity index (χ0v) is 41.4. The van der Waals surface area contributed by atoms with Crippen molar-refractivity contribution in [2.45, 2.75) is 20.6 Å². The molecule has 12 aromatic rings. The van der Waals surface area contributed by atoms with Gasteiger partial charge in [0.15, 0.2) is 10.3 Å². The molecule has 12 aromatic heterocycles. The second-order valence-electron chi connectivity index (χ2n) is 14.5. The van der Waals surface area contributed by atoms with Crippen LogP contribution in [0.15, 0.2) is 149 Å². The summed E-state index contributed by atoms with van der Waals surface area (Å²) in [6, 6.07) is 23.1. The van der Waals surface area contributed by atoms with E-state index in [9.17, 15) is 4.21 Å². The Morgan fingerprint density at radius 2 is 0.986 bits per heavy atom. The summed E-state index contributed by atoms with van der Waals surface area (Å²) in [5.74, 6) is 0.607. The Bertz CT molecular complexity index is 3910. The third kappa shape index (κ3) is 9.25. The van der Waals surface area contributed by atoms with E-state index in [-0.39, 0.29) is 17.6 Å². The molecule has 9 N–H and O–H groups in total. The highest BCUT2D eigenvalue weighted by Gasteiger charge is 2.21. The average Bonchev–Trinajstić information content (AvgIpc) is 4.04. The molecule has 21 nitrogen and oxygen atoms in total. The maximum Gasteiger partial charge on any atom is 0.220 e. The van der Waals surface area contributed by atoms with Crippen molar-refractivity contribution in [3.8, 4) is 33.8 Å². The number of anilines is 2. The van der Waals surface area contributed by atoms with Crippen LogP contribution in [0.3, 0.4) is 0 Å². The van der Waals surface area contributed by atoms with Crippen LogP contribution in [0.5, 0.6) is 0 Å². The van der Waals surface area contributed by atoms with Crippen LogP contribution in [0.4, 0.5) is 11.9 Å². The van der Waals surface area contributed by atoms with E-state index in [1.165, 1.54) is 23.8 Å². The fourth-order valence-corrected chi connectivity index (χ4v) is 9.83. The van der Waals surface area contributed by atoms with E-state index >= 15 is 0 Å². The van der Waals surface area contributed by atoms with Crippen molar-refractivity contribution in [1.29, 1.82) is 0 Å². The minimum absolute atomic E-state index is 0. The van der Waals surface area contributed by atoms with Crippen LogP contribution in [0.25, 0.3) is 83.4 Å². The van der Waals surface area contributed by atoms with Gasteiger partial charge in [0.05, 0.1) is 63.6 Å². The summed E-state index contributed by atoms with van der Waals surface area (Å²) >= 11 is 4.31. The van der Waals surface area contributed by atoms with E-state index in [1.807, 2.05) is 100 Å². The molecule has 12 heterocycles. The predicted molar refractivity (Wildman–Crippen MR) is 281 cm³/mol. The summed E-state index contributed by atoms with van der Waals surface area (Å²) in [7, 11) is 0.339. The summed E-state index contributed by atoms with van der Waals surface area (Å²) in [5, 5.41) is 5.59. The molecule has 0 aromatic carbocycles. The summed E-state index contributed by atoms with van der Waals surface area (Å²) in [4.78, 5) is 52.2. The van der Waals surface area contributed by atoms with Crippen LogP contribution < -0.4 is 17.6 Å². The minimum atomic E-state index is -1.26. The molecule has 71 heavy (non-hydrogen) atoms. The standard InChI is InChI=1S/C16H13N5O2S2.C16H13N5S2.C14H11N7.H3N.H2O/c1-23-24-16-19-9-6-12-13(10-4-3-7-17-14(10)21(12)16)11-5-8-18-15(20-11)25(2)22;1-22-15-18-8-5-11(20-15)13-10-4-3-7-17-14(10)21-12(13)6-9-19-16(21)23-2;15-13-18-6-3-9(20-13)11-8-2-1-5-17-12(8)21-10(11)4-7-19-14(21)16;;/h3-9H,1-2H3;3-9H,1-2H3;1-7H,(H2,16,19)(H2,15,18,20);1H3;1H2. The van der Waals surface area contributed by atoms with Crippen molar-refractivity contribution in [3.05, 3.63) is 129 Å². The zero-order valence-electron chi connectivity index (χ0n) is 38.1. The molecule has 0 amide bonds. The summed E-state index contributed by atoms with van der Waals surface area (Å²) in [5.41, 5.74) is 22.2. The van der Waals surface area contributed by atoms with Gasteiger partial charge in [-0.25, -0.2) is 59.8 Å². The largest absolute Gasteiger partial charge is 0.412 e. The molecule has 0 bridgehead atoms. The van der Waals surface area contributed by atoms with Crippen molar-refractivity contribution >= 4 is 108 Å². The van der Waals surface area contributed by atoms with Gasteiger partial charge < -0.3 is 27.3 Å². The van der Waals surface area contributed by atoms with Crippen LogP contribution in [-0.2, 0) is 15.0 Å². The van der Waals surface area contributed by atoms with Gasteiger partial charge in [-0.1, -0.05) is 23.5 Å². The molecule has 0 aliphatic rings. The van der Waals surface area contributed by atoms with Gasteiger partial charge in [0.2, 0.25) is 22.2 Å². The number of aromatic nitrogens is 15. The third-order valence-electron chi connectivity index (χ3n) is 10.7. The maximum absolute atomic E-state index is 11.8. The lowest BCUT2D eigenvalue weighted by Crippen LogP contribution is -2.00. The van der Waals surface area contributed by atoms with Crippen LogP contribution >= 0.6 is 35.6 Å². The van der Waals surface area contributed by atoms with Gasteiger partial charge in [-0.3, -0.25) is 17.4 Å². The summed E-state index contributed by atoms with van der Waals surface area (Å²) in [6.07, 6.45) is 21.1. The van der Waals surface area contributed by atoms with Crippen LogP contribution in [0.1, 0.15) is 0 Å². The number of thioether (sulfide) groups is 2. The van der Waals surface area contributed by atoms with E-state index in [0.29, 0.717) is 22.0 Å². The van der Waals surface area contributed by atoms with Crippen molar-refractivity contribution < 1.29 is 13.9 Å². The van der Waals surface area contributed by atoms with E-state index in [0.717, 1.165) is 88.0 Å². The highest BCUT2D eigenvalue weighted by molar-refractivity contribution is 7.98. The van der Waals surface area contributed by atoms with Gasteiger partial charge in [0.1, 0.15) is 16.9 Å². The topological polar surface area (TPSA) is 313 Å². The number of nitrogens with two attached hydrogens (primary N) is 2. The first-order chi connectivity index (χ1) is 33.8. The van der Waals surface area contributed by atoms with Gasteiger partial charge in [0, 0.05) is 94.9 Å². The number of hydrogen-bond acceptors (Lipinski definition) is 20. The molecule has 0 radical (unpaired) electrons. The number of nitrogens with zero attached hydrogens (tertiary/aromatic N) is 15. The smallest absolute Gasteiger partial charge is 0.220 e. The van der Waals surface area contributed by atoms with Crippen molar-refractivity contribution in [2.24, 2.45) is 0 Å². The predicted octanol–water partition coefficient (Wildman–Crippen LogP) is 7.35. The monoisotopic (exact) mass is 1020 g/mol. The lowest BCUT2D eigenvalue weighted by Gasteiger charge is -2.04. The lowest BCUT2D eigenvalue weighted by atomic mass is 10.1. The fraction of sp³-hybridized carbons (Fsp3) is 0.0870. The molecule has 0 fully saturated rings. The molecule has 358 valence electrons. The van der Waals surface area contributed by atoms with Crippen LogP contribution in [0.2, 0.25) is 0 Å². The maximum atomic E-state index is 11.8.